The molecular weight excluding hydrogens is 362 g/mol. The first-order valence-corrected chi connectivity index (χ1v) is 9.27. The molecule has 0 fully saturated rings. The Bertz CT molecular complexity index is 949. The molecule has 2 aromatic carbocycles. The van der Waals surface area contributed by atoms with Gasteiger partial charge in [-0.25, -0.2) is 0 Å². The molecule has 0 aliphatic carbocycles. The summed E-state index contributed by atoms with van der Waals surface area (Å²) < 4.78 is 5.64. The van der Waals surface area contributed by atoms with E-state index < -0.39 is 0 Å². The number of benzene rings is 2. The van der Waals surface area contributed by atoms with Gasteiger partial charge in [0.1, 0.15) is 5.75 Å². The maximum absolute atomic E-state index is 12.6. The number of carbonyl (C=O) groups is 1. The Hall–Kier alpha value is -2.79. The fraction of sp³-hybridized carbons (Fsp3) is 0.238. The summed E-state index contributed by atoms with van der Waals surface area (Å²) in [5, 5.41) is 8.25. The fourth-order valence-electron chi connectivity index (χ4n) is 3.23. The van der Waals surface area contributed by atoms with E-state index in [2.05, 4.69) is 10.2 Å². The number of amides is 1. The minimum absolute atomic E-state index is 0.0236. The first kappa shape index (κ1) is 17.6. The first-order valence-electron chi connectivity index (χ1n) is 8.89. The number of aromatic amines is 1. The predicted octanol–water partition coefficient (Wildman–Crippen LogP) is 4.00. The Morgan fingerprint density at radius 1 is 1.19 bits per heavy atom. The second kappa shape index (κ2) is 7.45. The number of nitrogens with zero attached hydrogens (tertiary/aromatic N) is 2. The number of ether oxygens (including phenoxy) is 1. The molecule has 3 aromatic rings. The van der Waals surface area contributed by atoms with Gasteiger partial charge in [0.05, 0.1) is 5.69 Å². The maximum atomic E-state index is 12.6. The molecule has 5 nitrogen and oxygen atoms in total. The standard InChI is InChI=1S/C21H20ClN3O2/c1-14-2-8-17(9-3-14)27-13-20(26)25-11-10-19-18(12-25)21(24-23-19)15-4-6-16(22)7-5-15/h2-9H,10-13H2,1H3,(H,23,24). The van der Waals surface area contributed by atoms with Crippen molar-refractivity contribution >= 4 is 17.5 Å². The highest BCUT2D eigenvalue weighted by molar-refractivity contribution is 6.30. The van der Waals surface area contributed by atoms with Crippen LogP contribution in [0.2, 0.25) is 5.02 Å². The Labute approximate surface area is 162 Å². The van der Waals surface area contributed by atoms with E-state index in [1.165, 1.54) is 0 Å². The van der Waals surface area contributed by atoms with Gasteiger partial charge in [0.25, 0.3) is 5.91 Å². The highest BCUT2D eigenvalue weighted by Gasteiger charge is 2.25. The van der Waals surface area contributed by atoms with Crippen LogP contribution in [0.1, 0.15) is 16.8 Å². The molecule has 4 rings (SSSR count). The van der Waals surface area contributed by atoms with Crippen LogP contribution in [-0.2, 0) is 17.8 Å². The lowest BCUT2D eigenvalue weighted by Crippen LogP contribution is -2.38. The van der Waals surface area contributed by atoms with E-state index in [9.17, 15) is 4.79 Å². The van der Waals surface area contributed by atoms with Gasteiger partial charge in [0.2, 0.25) is 0 Å². The molecule has 0 radical (unpaired) electrons. The van der Waals surface area contributed by atoms with Crippen LogP contribution in [0.5, 0.6) is 5.75 Å². The molecule has 0 saturated heterocycles. The summed E-state index contributed by atoms with van der Waals surface area (Å²) in [4.78, 5) is 14.4. The van der Waals surface area contributed by atoms with Crippen molar-refractivity contribution in [1.29, 1.82) is 0 Å². The van der Waals surface area contributed by atoms with Gasteiger partial charge in [-0.15, -0.1) is 0 Å². The van der Waals surface area contributed by atoms with Gasteiger partial charge in [-0.05, 0) is 31.2 Å². The highest BCUT2D eigenvalue weighted by Crippen LogP contribution is 2.29. The van der Waals surface area contributed by atoms with Crippen LogP contribution in [0.4, 0.5) is 0 Å². The Balaban J connectivity index is 1.45. The number of rotatable bonds is 4. The van der Waals surface area contributed by atoms with Crippen molar-refractivity contribution in [2.75, 3.05) is 13.2 Å². The molecule has 1 aliphatic heterocycles. The summed E-state index contributed by atoms with van der Waals surface area (Å²) in [6.45, 7) is 3.24. The molecule has 1 aromatic heterocycles. The third-order valence-electron chi connectivity index (χ3n) is 4.79. The zero-order valence-corrected chi connectivity index (χ0v) is 15.8. The summed E-state index contributed by atoms with van der Waals surface area (Å²) in [5.74, 6) is 0.682. The lowest BCUT2D eigenvalue weighted by molar-refractivity contribution is -0.134. The number of hydrogen-bond donors (Lipinski definition) is 1. The van der Waals surface area contributed by atoms with E-state index >= 15 is 0 Å². The van der Waals surface area contributed by atoms with E-state index in [4.69, 9.17) is 16.3 Å². The number of hydrogen-bond acceptors (Lipinski definition) is 3. The molecule has 0 saturated carbocycles. The van der Waals surface area contributed by atoms with Gasteiger partial charge < -0.3 is 9.64 Å². The van der Waals surface area contributed by atoms with Crippen molar-refractivity contribution in [1.82, 2.24) is 15.1 Å². The number of H-pyrrole nitrogens is 1. The number of halogens is 1. The van der Waals surface area contributed by atoms with Crippen molar-refractivity contribution in [2.45, 2.75) is 19.9 Å². The van der Waals surface area contributed by atoms with E-state index in [-0.39, 0.29) is 12.5 Å². The number of aryl methyl sites for hydroxylation is 1. The maximum Gasteiger partial charge on any atom is 0.260 e. The van der Waals surface area contributed by atoms with Crippen molar-refractivity contribution in [3.05, 3.63) is 70.4 Å². The first-order chi connectivity index (χ1) is 13.1. The van der Waals surface area contributed by atoms with Crippen molar-refractivity contribution < 1.29 is 9.53 Å². The van der Waals surface area contributed by atoms with Crippen LogP contribution in [0.25, 0.3) is 11.3 Å². The summed E-state index contributed by atoms with van der Waals surface area (Å²) in [7, 11) is 0. The van der Waals surface area contributed by atoms with Gasteiger partial charge in [-0.1, -0.05) is 41.4 Å². The van der Waals surface area contributed by atoms with Gasteiger partial charge >= 0.3 is 0 Å². The summed E-state index contributed by atoms with van der Waals surface area (Å²) in [6.07, 6.45) is 0.756. The van der Waals surface area contributed by atoms with Crippen molar-refractivity contribution in [3.8, 4) is 17.0 Å². The number of fused-ring (bicyclic) bond motifs is 1. The zero-order chi connectivity index (χ0) is 18.8. The molecular formula is C21H20ClN3O2. The van der Waals surface area contributed by atoms with Gasteiger partial charge in [0, 0.05) is 41.4 Å². The van der Waals surface area contributed by atoms with Gasteiger partial charge in [0.15, 0.2) is 6.61 Å². The van der Waals surface area contributed by atoms with Crippen LogP contribution in [-0.4, -0.2) is 34.2 Å². The zero-order valence-electron chi connectivity index (χ0n) is 15.0. The minimum Gasteiger partial charge on any atom is -0.484 e. The third kappa shape index (κ3) is 3.83. The normalized spacial score (nSPS) is 13.3. The Morgan fingerprint density at radius 2 is 1.93 bits per heavy atom. The van der Waals surface area contributed by atoms with Gasteiger partial charge in [-0.3, -0.25) is 9.89 Å². The lowest BCUT2D eigenvalue weighted by atomic mass is 10.0. The minimum atomic E-state index is -0.0236. The van der Waals surface area contributed by atoms with E-state index in [1.54, 1.807) is 0 Å². The van der Waals surface area contributed by atoms with Crippen LogP contribution < -0.4 is 4.74 Å². The SMILES string of the molecule is Cc1ccc(OCC(=O)N2CCc3[nH]nc(-c4ccc(Cl)cc4)c3C2)cc1. The summed E-state index contributed by atoms with van der Waals surface area (Å²) in [6, 6.07) is 15.3. The molecule has 1 amide bonds. The third-order valence-corrected chi connectivity index (χ3v) is 5.04. The van der Waals surface area contributed by atoms with Crippen LogP contribution in [0, 0.1) is 6.92 Å². The summed E-state index contributed by atoms with van der Waals surface area (Å²) in [5.41, 5.74) is 5.17. The quantitative estimate of drug-likeness (QED) is 0.743. The second-order valence-corrected chi connectivity index (χ2v) is 7.14. The van der Waals surface area contributed by atoms with Crippen LogP contribution in [0.3, 0.4) is 0 Å². The van der Waals surface area contributed by atoms with Crippen molar-refractivity contribution in [2.24, 2.45) is 0 Å². The molecule has 2 heterocycles. The average molecular weight is 382 g/mol. The summed E-state index contributed by atoms with van der Waals surface area (Å²) >= 11 is 5.98. The largest absolute Gasteiger partial charge is 0.484 e. The molecule has 0 atom stereocenters. The van der Waals surface area contributed by atoms with Crippen LogP contribution in [0.15, 0.2) is 48.5 Å². The van der Waals surface area contributed by atoms with E-state index in [0.29, 0.717) is 23.9 Å². The van der Waals surface area contributed by atoms with E-state index in [1.807, 2.05) is 60.4 Å². The molecule has 27 heavy (non-hydrogen) atoms. The highest BCUT2D eigenvalue weighted by atomic mass is 35.5. The van der Waals surface area contributed by atoms with Gasteiger partial charge in [-0.2, -0.15) is 5.10 Å². The smallest absolute Gasteiger partial charge is 0.260 e. The molecule has 0 spiro atoms. The second-order valence-electron chi connectivity index (χ2n) is 6.70. The monoisotopic (exact) mass is 381 g/mol. The Kier molecular flexibility index (Phi) is 4.86. The van der Waals surface area contributed by atoms with Crippen LogP contribution >= 0.6 is 11.6 Å². The average Bonchev–Trinajstić information content (AvgIpc) is 3.11. The molecule has 138 valence electrons. The lowest BCUT2D eigenvalue weighted by Gasteiger charge is -2.27. The number of aromatic nitrogens is 2. The fourth-order valence-corrected chi connectivity index (χ4v) is 3.35. The predicted molar refractivity (Wildman–Crippen MR) is 105 cm³/mol. The number of nitrogens with one attached hydrogen (secondary N) is 1. The molecule has 6 heteroatoms. The molecule has 1 N–H and O–H groups in total. The number of carbonyl (C=O) groups excluding carboxylic acids is 1. The Morgan fingerprint density at radius 3 is 2.67 bits per heavy atom. The molecule has 0 bridgehead atoms. The molecule has 0 unspecified atom stereocenters. The van der Waals surface area contributed by atoms with Crippen molar-refractivity contribution in [3.63, 3.8) is 0 Å². The topological polar surface area (TPSA) is 58.2 Å². The molecule has 1 aliphatic rings. The van der Waals surface area contributed by atoms with E-state index in [0.717, 1.165) is 34.5 Å².